The summed E-state index contributed by atoms with van der Waals surface area (Å²) in [5.41, 5.74) is 5.76. The average molecular weight is 281 g/mol. The van der Waals surface area contributed by atoms with Crippen LogP contribution in [0.25, 0.3) is 0 Å². The van der Waals surface area contributed by atoms with E-state index in [4.69, 9.17) is 17.3 Å². The van der Waals surface area contributed by atoms with Gasteiger partial charge in [-0.3, -0.25) is 4.79 Å². The first-order valence-corrected chi connectivity index (χ1v) is 5.11. The van der Waals surface area contributed by atoms with E-state index in [1.807, 2.05) is 0 Å². The van der Waals surface area contributed by atoms with Crippen molar-refractivity contribution in [3.8, 4) is 0 Å². The Labute approximate surface area is 94.4 Å². The van der Waals surface area contributed by atoms with Crippen molar-refractivity contribution in [2.45, 2.75) is 11.8 Å². The fourth-order valence-electron chi connectivity index (χ4n) is 0.981. The molecular formula is C9H8BrClFNO. The minimum absolute atomic E-state index is 0.289. The minimum atomic E-state index is -0.767. The van der Waals surface area contributed by atoms with Crippen molar-refractivity contribution < 1.29 is 9.18 Å². The number of nitrogens with two attached hydrogens (primary N) is 1. The van der Waals surface area contributed by atoms with Crippen molar-refractivity contribution >= 4 is 33.4 Å². The van der Waals surface area contributed by atoms with Crippen LogP contribution in [-0.4, -0.2) is 11.3 Å². The number of hydrogen-bond donors (Lipinski definition) is 1. The van der Waals surface area contributed by atoms with E-state index in [1.54, 1.807) is 6.07 Å². The van der Waals surface area contributed by atoms with E-state index in [-0.39, 0.29) is 12.2 Å². The van der Waals surface area contributed by atoms with Gasteiger partial charge >= 0.3 is 0 Å². The van der Waals surface area contributed by atoms with E-state index >= 15 is 0 Å². The number of carbonyl (C=O) groups excluding carboxylic acids is 1. The van der Waals surface area contributed by atoms with E-state index in [0.29, 0.717) is 4.47 Å². The number of primary amides is 1. The van der Waals surface area contributed by atoms with Crippen LogP contribution in [0.5, 0.6) is 0 Å². The number of amides is 1. The van der Waals surface area contributed by atoms with Gasteiger partial charge in [0.15, 0.2) is 0 Å². The number of hydrogen-bond acceptors (Lipinski definition) is 1. The Hall–Kier alpha value is -0.610. The highest BCUT2D eigenvalue weighted by atomic mass is 79.9. The molecule has 14 heavy (non-hydrogen) atoms. The van der Waals surface area contributed by atoms with Crippen molar-refractivity contribution in [3.63, 3.8) is 0 Å². The molecule has 0 radical (unpaired) electrons. The second-order valence-electron chi connectivity index (χ2n) is 2.81. The molecule has 1 aromatic carbocycles. The molecule has 1 unspecified atom stereocenters. The molecule has 0 bridgehead atoms. The molecular weight excluding hydrogens is 272 g/mol. The molecule has 0 aliphatic rings. The van der Waals surface area contributed by atoms with Crippen LogP contribution in [0.15, 0.2) is 22.7 Å². The molecule has 0 heterocycles. The minimum Gasteiger partial charge on any atom is -0.368 e. The number of benzene rings is 1. The molecule has 1 rings (SSSR count). The van der Waals surface area contributed by atoms with Crippen molar-refractivity contribution in [1.82, 2.24) is 0 Å². The Balaban J connectivity index is 2.82. The lowest BCUT2D eigenvalue weighted by molar-refractivity contribution is -0.117. The lowest BCUT2D eigenvalue weighted by atomic mass is 10.1. The van der Waals surface area contributed by atoms with Crippen LogP contribution >= 0.6 is 27.5 Å². The largest absolute Gasteiger partial charge is 0.368 e. The van der Waals surface area contributed by atoms with E-state index in [0.717, 1.165) is 5.56 Å². The van der Waals surface area contributed by atoms with Crippen molar-refractivity contribution in [2.75, 3.05) is 0 Å². The van der Waals surface area contributed by atoms with Crippen LogP contribution in [0.1, 0.15) is 5.56 Å². The molecule has 2 N–H and O–H groups in total. The Morgan fingerprint density at radius 1 is 1.64 bits per heavy atom. The number of rotatable bonds is 3. The monoisotopic (exact) mass is 279 g/mol. The fraction of sp³-hybridized carbons (Fsp3) is 0.222. The van der Waals surface area contributed by atoms with Crippen LogP contribution in [0.3, 0.4) is 0 Å². The molecule has 5 heteroatoms. The molecule has 0 saturated carbocycles. The van der Waals surface area contributed by atoms with Gasteiger partial charge in [-0.2, -0.15) is 0 Å². The van der Waals surface area contributed by atoms with Crippen LogP contribution in [0.2, 0.25) is 0 Å². The number of alkyl halides is 1. The van der Waals surface area contributed by atoms with Gasteiger partial charge in [-0.15, -0.1) is 11.6 Å². The van der Waals surface area contributed by atoms with E-state index in [2.05, 4.69) is 15.9 Å². The van der Waals surface area contributed by atoms with E-state index in [1.165, 1.54) is 12.1 Å². The smallest absolute Gasteiger partial charge is 0.235 e. The highest BCUT2D eigenvalue weighted by Crippen LogP contribution is 2.20. The summed E-state index contributed by atoms with van der Waals surface area (Å²) < 4.78 is 13.3. The maximum absolute atomic E-state index is 12.7. The van der Waals surface area contributed by atoms with E-state index in [9.17, 15) is 9.18 Å². The van der Waals surface area contributed by atoms with Gasteiger partial charge in [-0.25, -0.2) is 4.39 Å². The summed E-state index contributed by atoms with van der Waals surface area (Å²) in [6.45, 7) is 0. The molecule has 0 aromatic heterocycles. The maximum Gasteiger partial charge on any atom is 0.235 e. The molecule has 1 aromatic rings. The SMILES string of the molecule is NC(=O)C(Cl)Cc1ccc(F)cc1Br. The van der Waals surface area contributed by atoms with Crippen molar-refractivity contribution in [2.24, 2.45) is 5.73 Å². The molecule has 0 aliphatic carbocycles. The van der Waals surface area contributed by atoms with E-state index < -0.39 is 11.3 Å². The standard InChI is InChI=1S/C9H8BrClFNO/c10-7-4-6(12)2-1-5(7)3-8(11)9(13)14/h1-2,4,8H,3H2,(H2,13,14). The molecule has 1 amide bonds. The lowest BCUT2D eigenvalue weighted by Gasteiger charge is -2.07. The fourth-order valence-corrected chi connectivity index (χ4v) is 1.66. The van der Waals surface area contributed by atoms with Crippen LogP contribution < -0.4 is 5.73 Å². The summed E-state index contributed by atoms with van der Waals surface area (Å²) in [5.74, 6) is -0.922. The summed E-state index contributed by atoms with van der Waals surface area (Å²) in [4.78, 5) is 10.7. The molecule has 0 aliphatic heterocycles. The van der Waals surface area contributed by atoms with Crippen LogP contribution in [0.4, 0.5) is 4.39 Å². The zero-order chi connectivity index (χ0) is 10.7. The summed E-state index contributed by atoms with van der Waals surface area (Å²) >= 11 is 8.85. The first-order valence-electron chi connectivity index (χ1n) is 3.88. The quantitative estimate of drug-likeness (QED) is 0.848. The Bertz CT molecular complexity index is 359. The van der Waals surface area contributed by atoms with Crippen LogP contribution in [-0.2, 0) is 11.2 Å². The van der Waals surface area contributed by atoms with Crippen LogP contribution in [0, 0.1) is 5.82 Å². The third-order valence-corrected chi connectivity index (χ3v) is 2.83. The molecule has 2 nitrogen and oxygen atoms in total. The summed E-state index contributed by atoms with van der Waals surface area (Å²) in [5, 5.41) is -0.767. The highest BCUT2D eigenvalue weighted by molar-refractivity contribution is 9.10. The number of halogens is 3. The van der Waals surface area contributed by atoms with Gasteiger partial charge in [0, 0.05) is 4.47 Å². The van der Waals surface area contributed by atoms with Gasteiger partial charge in [0.05, 0.1) is 0 Å². The van der Waals surface area contributed by atoms with Gasteiger partial charge in [0.1, 0.15) is 11.2 Å². The molecule has 0 spiro atoms. The topological polar surface area (TPSA) is 43.1 Å². The molecule has 0 fully saturated rings. The van der Waals surface area contributed by atoms with Gasteiger partial charge in [-0.05, 0) is 24.1 Å². The lowest BCUT2D eigenvalue weighted by Crippen LogP contribution is -2.25. The van der Waals surface area contributed by atoms with Gasteiger partial charge in [-0.1, -0.05) is 22.0 Å². The molecule has 0 saturated heterocycles. The summed E-state index contributed by atoms with van der Waals surface area (Å²) in [6.07, 6.45) is 0.289. The van der Waals surface area contributed by atoms with Gasteiger partial charge in [0.25, 0.3) is 0 Å². The highest BCUT2D eigenvalue weighted by Gasteiger charge is 2.13. The predicted octanol–water partition coefficient (Wildman–Crippen LogP) is 2.22. The predicted molar refractivity (Wildman–Crippen MR) is 56.6 cm³/mol. The second-order valence-corrected chi connectivity index (χ2v) is 4.19. The average Bonchev–Trinajstić information content (AvgIpc) is 2.09. The number of carbonyl (C=O) groups is 1. The van der Waals surface area contributed by atoms with Gasteiger partial charge < -0.3 is 5.73 Å². The van der Waals surface area contributed by atoms with Crippen molar-refractivity contribution in [3.05, 3.63) is 34.1 Å². The van der Waals surface area contributed by atoms with Gasteiger partial charge in [0.2, 0.25) is 5.91 Å². The maximum atomic E-state index is 12.7. The molecule has 76 valence electrons. The first kappa shape index (κ1) is 11.5. The third kappa shape index (κ3) is 2.96. The summed E-state index contributed by atoms with van der Waals surface area (Å²) in [7, 11) is 0. The van der Waals surface area contributed by atoms with Crippen molar-refractivity contribution in [1.29, 1.82) is 0 Å². The Morgan fingerprint density at radius 2 is 2.29 bits per heavy atom. The third-order valence-electron chi connectivity index (χ3n) is 1.72. The zero-order valence-electron chi connectivity index (χ0n) is 7.14. The normalized spacial score (nSPS) is 12.5. The zero-order valence-corrected chi connectivity index (χ0v) is 9.48. The molecule has 1 atom stereocenters. The Kier molecular flexibility index (Phi) is 3.89. The Morgan fingerprint density at radius 3 is 2.79 bits per heavy atom. The first-order chi connectivity index (χ1) is 6.50. The second kappa shape index (κ2) is 4.75. The summed E-state index contributed by atoms with van der Waals surface area (Å²) in [6, 6.07) is 4.20.